The molecular formula is C27H24N8O2. The number of carbonyl (C=O) groups is 1. The Morgan fingerprint density at radius 1 is 0.946 bits per heavy atom. The van der Waals surface area contributed by atoms with Gasteiger partial charge in [-0.1, -0.05) is 6.08 Å². The van der Waals surface area contributed by atoms with Crippen LogP contribution in [0.15, 0.2) is 73.7 Å². The fraction of sp³-hybridized carbons (Fsp3) is 0.185. The van der Waals surface area contributed by atoms with Gasteiger partial charge in [-0.2, -0.15) is 10.2 Å². The minimum Gasteiger partial charge on any atom is -0.497 e. The van der Waals surface area contributed by atoms with Gasteiger partial charge in [0.2, 0.25) is 0 Å². The van der Waals surface area contributed by atoms with E-state index in [4.69, 9.17) is 4.74 Å². The summed E-state index contributed by atoms with van der Waals surface area (Å²) in [6, 6.07) is 9.09. The third-order valence-corrected chi connectivity index (χ3v) is 6.49. The van der Waals surface area contributed by atoms with Crippen molar-refractivity contribution in [3.05, 3.63) is 90.7 Å². The lowest BCUT2D eigenvalue weighted by atomic mass is 10.0. The Morgan fingerprint density at radius 3 is 2.43 bits per heavy atom. The summed E-state index contributed by atoms with van der Waals surface area (Å²) in [5, 5.41) is 8.65. The van der Waals surface area contributed by atoms with E-state index < -0.39 is 0 Å². The maximum absolute atomic E-state index is 12.8. The van der Waals surface area contributed by atoms with E-state index >= 15 is 0 Å². The van der Waals surface area contributed by atoms with Gasteiger partial charge in [-0.05, 0) is 42.3 Å². The lowest BCUT2D eigenvalue weighted by molar-refractivity contribution is 0.103. The molecule has 0 unspecified atom stereocenters. The summed E-state index contributed by atoms with van der Waals surface area (Å²) in [4.78, 5) is 28.5. The Bertz CT molecular complexity index is 1620. The van der Waals surface area contributed by atoms with Crippen molar-refractivity contribution in [2.75, 3.05) is 25.1 Å². The van der Waals surface area contributed by atoms with E-state index in [1.54, 1.807) is 54.8 Å². The Kier molecular flexibility index (Phi) is 5.68. The van der Waals surface area contributed by atoms with Crippen molar-refractivity contribution in [2.24, 2.45) is 7.05 Å². The molecule has 10 nitrogen and oxygen atoms in total. The minimum atomic E-state index is -0.122. The van der Waals surface area contributed by atoms with Crippen molar-refractivity contribution >= 4 is 22.7 Å². The van der Waals surface area contributed by atoms with Gasteiger partial charge in [-0.3, -0.25) is 9.48 Å². The van der Waals surface area contributed by atoms with Gasteiger partial charge in [0.1, 0.15) is 17.6 Å². The lowest BCUT2D eigenvalue weighted by Gasteiger charge is -2.27. The molecule has 0 radical (unpaired) electrons. The summed E-state index contributed by atoms with van der Waals surface area (Å²) in [5.74, 6) is 2.10. The topological polar surface area (TPSA) is 103 Å². The van der Waals surface area contributed by atoms with Gasteiger partial charge < -0.3 is 9.64 Å². The Morgan fingerprint density at radius 2 is 1.76 bits per heavy atom. The molecule has 0 spiro atoms. The summed E-state index contributed by atoms with van der Waals surface area (Å²) >= 11 is 0. The number of methoxy groups -OCH3 is 1. The van der Waals surface area contributed by atoms with E-state index in [9.17, 15) is 4.79 Å². The number of aromatic nitrogens is 7. The molecule has 37 heavy (non-hydrogen) atoms. The second-order valence-electron chi connectivity index (χ2n) is 8.82. The number of aryl methyl sites for hydroxylation is 1. The molecule has 10 heteroatoms. The standard InChI is InChI=1S/C27H24N8O2/c1-33-15-22(14-31-33)20-11-24-27(30-17-32-35(24)16-20)34-9-7-19(8-10-34)26-28-12-21(13-29-26)25(36)18-3-5-23(37-2)6-4-18/h3-7,11-17H,8-10H2,1-2H3. The van der Waals surface area contributed by atoms with Gasteiger partial charge in [0, 0.05) is 61.6 Å². The highest BCUT2D eigenvalue weighted by Crippen LogP contribution is 2.29. The second-order valence-corrected chi connectivity index (χ2v) is 8.82. The van der Waals surface area contributed by atoms with Crippen LogP contribution in [-0.2, 0) is 7.05 Å². The third-order valence-electron chi connectivity index (χ3n) is 6.49. The second kappa shape index (κ2) is 9.30. The summed E-state index contributed by atoms with van der Waals surface area (Å²) in [6.45, 7) is 1.44. The third kappa shape index (κ3) is 4.33. The highest BCUT2D eigenvalue weighted by Gasteiger charge is 2.20. The molecule has 0 fully saturated rings. The van der Waals surface area contributed by atoms with Gasteiger partial charge in [0.25, 0.3) is 0 Å². The molecule has 5 heterocycles. The maximum atomic E-state index is 12.8. The zero-order valence-corrected chi connectivity index (χ0v) is 20.4. The van der Waals surface area contributed by atoms with Crippen LogP contribution in [0.25, 0.3) is 22.2 Å². The van der Waals surface area contributed by atoms with Crippen LogP contribution in [0.4, 0.5) is 5.82 Å². The van der Waals surface area contributed by atoms with E-state index in [0.717, 1.165) is 41.0 Å². The van der Waals surface area contributed by atoms with Gasteiger partial charge in [-0.15, -0.1) is 0 Å². The van der Waals surface area contributed by atoms with E-state index in [2.05, 4.69) is 42.2 Å². The molecule has 1 aliphatic rings. The predicted molar refractivity (Wildman–Crippen MR) is 138 cm³/mol. The van der Waals surface area contributed by atoms with Crippen LogP contribution in [-0.4, -0.2) is 60.3 Å². The molecule has 0 saturated carbocycles. The van der Waals surface area contributed by atoms with Crippen LogP contribution in [0.3, 0.4) is 0 Å². The zero-order chi connectivity index (χ0) is 25.4. The highest BCUT2D eigenvalue weighted by atomic mass is 16.5. The Hall–Kier alpha value is -4.86. The average molecular weight is 493 g/mol. The fourth-order valence-electron chi connectivity index (χ4n) is 4.47. The number of fused-ring (bicyclic) bond motifs is 1. The molecule has 0 bridgehead atoms. The van der Waals surface area contributed by atoms with Crippen LogP contribution in [0.1, 0.15) is 28.2 Å². The van der Waals surface area contributed by atoms with E-state index in [0.29, 0.717) is 29.2 Å². The zero-order valence-electron chi connectivity index (χ0n) is 20.4. The number of hydrogen-bond donors (Lipinski definition) is 0. The highest BCUT2D eigenvalue weighted by molar-refractivity contribution is 6.08. The number of nitrogens with zero attached hydrogens (tertiary/aromatic N) is 8. The molecule has 5 aromatic rings. The van der Waals surface area contributed by atoms with Gasteiger partial charge in [0.05, 0.1) is 18.9 Å². The fourth-order valence-corrected chi connectivity index (χ4v) is 4.47. The molecule has 0 amide bonds. The molecule has 0 N–H and O–H groups in total. The molecule has 0 aliphatic carbocycles. The number of hydrogen-bond acceptors (Lipinski definition) is 8. The molecule has 0 saturated heterocycles. The predicted octanol–water partition coefficient (Wildman–Crippen LogP) is 3.45. The molecular weight excluding hydrogens is 468 g/mol. The SMILES string of the molecule is COc1ccc(C(=O)c2cnc(C3=CCN(c4ncnn5cc(-c6cnn(C)c6)cc45)CC3)nc2)cc1. The molecule has 6 rings (SSSR count). The Labute approximate surface area is 212 Å². The van der Waals surface area contributed by atoms with Crippen molar-refractivity contribution in [2.45, 2.75) is 6.42 Å². The summed E-state index contributed by atoms with van der Waals surface area (Å²) in [7, 11) is 3.50. The number of ether oxygens (including phenoxy) is 1. The van der Waals surface area contributed by atoms with E-state index in [1.165, 1.54) is 0 Å². The first-order valence-corrected chi connectivity index (χ1v) is 11.9. The number of benzene rings is 1. The first-order valence-electron chi connectivity index (χ1n) is 11.9. The van der Waals surface area contributed by atoms with Crippen LogP contribution >= 0.6 is 0 Å². The number of anilines is 1. The number of carbonyl (C=O) groups excluding carboxylic acids is 1. The summed E-state index contributed by atoms with van der Waals surface area (Å²) in [6.07, 6.45) is 13.5. The van der Waals surface area contributed by atoms with E-state index in [-0.39, 0.29) is 5.78 Å². The number of ketones is 1. The number of rotatable bonds is 6. The summed E-state index contributed by atoms with van der Waals surface area (Å²) < 4.78 is 8.79. The van der Waals surface area contributed by atoms with Crippen molar-refractivity contribution in [3.63, 3.8) is 0 Å². The summed E-state index contributed by atoms with van der Waals surface area (Å²) in [5.41, 5.74) is 5.09. The Balaban J connectivity index is 1.19. The van der Waals surface area contributed by atoms with Crippen molar-refractivity contribution in [3.8, 4) is 16.9 Å². The van der Waals surface area contributed by atoms with Gasteiger partial charge in [0.15, 0.2) is 17.4 Å². The first kappa shape index (κ1) is 22.6. The largest absolute Gasteiger partial charge is 0.497 e. The lowest BCUT2D eigenvalue weighted by Crippen LogP contribution is -2.29. The van der Waals surface area contributed by atoms with Crippen molar-refractivity contribution in [1.82, 2.24) is 34.3 Å². The maximum Gasteiger partial charge on any atom is 0.196 e. The van der Waals surface area contributed by atoms with Crippen LogP contribution in [0.5, 0.6) is 5.75 Å². The average Bonchev–Trinajstić information content (AvgIpc) is 3.59. The normalized spacial score (nSPS) is 13.6. The molecule has 1 aliphatic heterocycles. The van der Waals surface area contributed by atoms with Crippen molar-refractivity contribution < 1.29 is 9.53 Å². The molecule has 1 aromatic carbocycles. The van der Waals surface area contributed by atoms with Gasteiger partial charge in [-0.25, -0.2) is 19.5 Å². The minimum absolute atomic E-state index is 0.122. The molecule has 4 aromatic heterocycles. The van der Waals surface area contributed by atoms with Crippen LogP contribution < -0.4 is 9.64 Å². The molecule has 0 atom stereocenters. The van der Waals surface area contributed by atoms with E-state index in [1.807, 2.05) is 30.2 Å². The van der Waals surface area contributed by atoms with Crippen LogP contribution in [0, 0.1) is 0 Å². The quantitative estimate of drug-likeness (QED) is 0.332. The van der Waals surface area contributed by atoms with Gasteiger partial charge >= 0.3 is 0 Å². The monoisotopic (exact) mass is 492 g/mol. The first-order chi connectivity index (χ1) is 18.1. The van der Waals surface area contributed by atoms with Crippen LogP contribution in [0.2, 0.25) is 0 Å². The molecule has 184 valence electrons. The van der Waals surface area contributed by atoms with Crippen molar-refractivity contribution in [1.29, 1.82) is 0 Å². The smallest absolute Gasteiger partial charge is 0.196 e.